The van der Waals surface area contributed by atoms with Gasteiger partial charge in [0, 0.05) is 0 Å². The molecular weight excluding hydrogens is 386 g/mol. The number of amides is 1. The van der Waals surface area contributed by atoms with E-state index in [4.69, 9.17) is 0 Å². The van der Waals surface area contributed by atoms with Gasteiger partial charge in [0.15, 0.2) is 11.6 Å². The molecule has 2 rings (SSSR count). The summed E-state index contributed by atoms with van der Waals surface area (Å²) in [5.74, 6) is -2.88. The van der Waals surface area contributed by atoms with Crippen molar-refractivity contribution in [2.24, 2.45) is 5.92 Å². The van der Waals surface area contributed by atoms with Crippen LogP contribution in [-0.2, 0) is 14.8 Å². The van der Waals surface area contributed by atoms with Gasteiger partial charge in [-0.3, -0.25) is 4.79 Å². The lowest BCUT2D eigenvalue weighted by Gasteiger charge is -2.24. The van der Waals surface area contributed by atoms with Gasteiger partial charge in [-0.05, 0) is 49.6 Å². The van der Waals surface area contributed by atoms with Crippen molar-refractivity contribution in [3.05, 3.63) is 65.2 Å². The van der Waals surface area contributed by atoms with Crippen LogP contribution in [0.5, 0.6) is 0 Å². The molecule has 0 heterocycles. The molecule has 2 atom stereocenters. The SMILES string of the molecule is Cc1ccc(S(=O)(=O)N[C@@H](C(=O)N[C@@H](C)c2ccc(F)c(F)c2)C(C)C)cc1. The molecule has 0 aliphatic carbocycles. The Morgan fingerprint density at radius 2 is 1.57 bits per heavy atom. The highest BCUT2D eigenvalue weighted by atomic mass is 32.2. The van der Waals surface area contributed by atoms with E-state index in [2.05, 4.69) is 10.0 Å². The zero-order valence-electron chi connectivity index (χ0n) is 16.2. The molecule has 1 amide bonds. The van der Waals surface area contributed by atoms with Crippen LogP contribution in [0.4, 0.5) is 8.78 Å². The third kappa shape index (κ3) is 5.36. The molecule has 152 valence electrons. The number of carbonyl (C=O) groups is 1. The Balaban J connectivity index is 2.17. The molecule has 0 spiro atoms. The third-order valence-electron chi connectivity index (χ3n) is 4.36. The van der Waals surface area contributed by atoms with Crippen molar-refractivity contribution >= 4 is 15.9 Å². The fourth-order valence-corrected chi connectivity index (χ4v) is 3.96. The number of halogens is 2. The van der Waals surface area contributed by atoms with Gasteiger partial charge in [0.2, 0.25) is 15.9 Å². The second-order valence-electron chi connectivity index (χ2n) is 7.06. The molecule has 8 heteroatoms. The standard InChI is InChI=1S/C20H24F2N2O3S/c1-12(2)19(24-28(26,27)16-8-5-13(3)6-9-16)20(25)23-14(4)15-7-10-17(21)18(22)11-15/h5-12,14,19,24H,1-4H3,(H,23,25)/t14-,19+/m0/s1. The van der Waals surface area contributed by atoms with E-state index in [0.717, 1.165) is 17.7 Å². The first kappa shape index (κ1) is 22.0. The molecule has 5 nitrogen and oxygen atoms in total. The van der Waals surface area contributed by atoms with E-state index >= 15 is 0 Å². The van der Waals surface area contributed by atoms with Gasteiger partial charge in [0.25, 0.3) is 0 Å². The lowest BCUT2D eigenvalue weighted by molar-refractivity contribution is -0.124. The Kier molecular flexibility index (Phi) is 6.90. The molecule has 2 aromatic rings. The van der Waals surface area contributed by atoms with Crippen molar-refractivity contribution in [2.75, 3.05) is 0 Å². The van der Waals surface area contributed by atoms with Crippen molar-refractivity contribution in [1.82, 2.24) is 10.0 Å². The first-order valence-corrected chi connectivity index (χ1v) is 10.3. The van der Waals surface area contributed by atoms with Crippen LogP contribution in [0, 0.1) is 24.5 Å². The largest absolute Gasteiger partial charge is 0.348 e. The van der Waals surface area contributed by atoms with Gasteiger partial charge in [-0.15, -0.1) is 0 Å². The average Bonchev–Trinajstić information content (AvgIpc) is 2.62. The van der Waals surface area contributed by atoms with Crippen LogP contribution >= 0.6 is 0 Å². The van der Waals surface area contributed by atoms with Crippen LogP contribution in [-0.4, -0.2) is 20.4 Å². The normalized spacial score (nSPS) is 14.0. The number of nitrogens with one attached hydrogen (secondary N) is 2. The average molecular weight is 410 g/mol. The molecule has 0 bridgehead atoms. The van der Waals surface area contributed by atoms with Crippen LogP contribution in [0.1, 0.15) is 37.9 Å². The first-order valence-electron chi connectivity index (χ1n) is 8.85. The number of hydrogen-bond donors (Lipinski definition) is 2. The smallest absolute Gasteiger partial charge is 0.241 e. The summed E-state index contributed by atoms with van der Waals surface area (Å²) in [6.07, 6.45) is 0. The van der Waals surface area contributed by atoms with Crippen LogP contribution in [0.2, 0.25) is 0 Å². The number of sulfonamides is 1. The van der Waals surface area contributed by atoms with Gasteiger partial charge < -0.3 is 5.32 Å². The molecule has 2 aromatic carbocycles. The van der Waals surface area contributed by atoms with E-state index in [1.807, 2.05) is 6.92 Å². The molecule has 0 aromatic heterocycles. The topological polar surface area (TPSA) is 75.3 Å². The Hall–Kier alpha value is -2.32. The molecule has 0 aliphatic heterocycles. The monoisotopic (exact) mass is 410 g/mol. The van der Waals surface area contributed by atoms with Crippen LogP contribution in [0.3, 0.4) is 0 Å². The van der Waals surface area contributed by atoms with Crippen molar-refractivity contribution in [3.63, 3.8) is 0 Å². The number of aryl methyl sites for hydroxylation is 1. The van der Waals surface area contributed by atoms with Gasteiger partial charge in [-0.25, -0.2) is 17.2 Å². The highest BCUT2D eigenvalue weighted by Gasteiger charge is 2.29. The first-order chi connectivity index (χ1) is 13.0. The summed E-state index contributed by atoms with van der Waals surface area (Å²) in [7, 11) is -3.90. The van der Waals surface area contributed by atoms with Crippen molar-refractivity contribution in [2.45, 2.75) is 44.7 Å². The van der Waals surface area contributed by atoms with Gasteiger partial charge in [0.05, 0.1) is 10.9 Å². The highest BCUT2D eigenvalue weighted by Crippen LogP contribution is 2.18. The summed E-state index contributed by atoms with van der Waals surface area (Å²) >= 11 is 0. The Bertz CT molecular complexity index is 944. The van der Waals surface area contributed by atoms with E-state index in [9.17, 15) is 22.0 Å². The van der Waals surface area contributed by atoms with Gasteiger partial charge >= 0.3 is 0 Å². The molecule has 0 saturated carbocycles. The predicted octanol–water partition coefficient (Wildman–Crippen LogP) is 3.45. The summed E-state index contributed by atoms with van der Waals surface area (Å²) in [4.78, 5) is 12.7. The van der Waals surface area contributed by atoms with Gasteiger partial charge in [-0.1, -0.05) is 37.6 Å². The zero-order chi connectivity index (χ0) is 21.1. The van der Waals surface area contributed by atoms with Gasteiger partial charge in [-0.2, -0.15) is 4.72 Å². The van der Waals surface area contributed by atoms with Crippen LogP contribution in [0.15, 0.2) is 47.4 Å². The maximum atomic E-state index is 13.4. The Morgan fingerprint density at radius 1 is 0.964 bits per heavy atom. The van der Waals surface area contributed by atoms with E-state index < -0.39 is 39.6 Å². The van der Waals surface area contributed by atoms with E-state index in [-0.39, 0.29) is 10.8 Å². The fourth-order valence-electron chi connectivity index (χ4n) is 2.61. The minimum Gasteiger partial charge on any atom is -0.348 e. The molecule has 0 fully saturated rings. The van der Waals surface area contributed by atoms with Crippen LogP contribution in [0.25, 0.3) is 0 Å². The van der Waals surface area contributed by atoms with Crippen molar-refractivity contribution in [3.8, 4) is 0 Å². The second-order valence-corrected chi connectivity index (χ2v) is 8.77. The molecule has 0 radical (unpaired) electrons. The quantitative estimate of drug-likeness (QED) is 0.734. The van der Waals surface area contributed by atoms with Gasteiger partial charge in [0.1, 0.15) is 6.04 Å². The molecular formula is C20H24F2N2O3S. The number of rotatable bonds is 7. The summed E-state index contributed by atoms with van der Waals surface area (Å²) in [5, 5.41) is 2.65. The minimum atomic E-state index is -3.90. The minimum absolute atomic E-state index is 0.0604. The summed E-state index contributed by atoms with van der Waals surface area (Å²) < 4.78 is 54.2. The number of benzene rings is 2. The second kappa shape index (κ2) is 8.79. The number of carbonyl (C=O) groups excluding carboxylic acids is 1. The Morgan fingerprint density at radius 3 is 2.11 bits per heavy atom. The van der Waals surface area contributed by atoms with Crippen molar-refractivity contribution < 1.29 is 22.0 Å². The highest BCUT2D eigenvalue weighted by molar-refractivity contribution is 7.89. The predicted molar refractivity (Wildman–Crippen MR) is 103 cm³/mol. The third-order valence-corrected chi connectivity index (χ3v) is 5.82. The summed E-state index contributed by atoms with van der Waals surface area (Å²) in [5.41, 5.74) is 1.29. The summed E-state index contributed by atoms with van der Waals surface area (Å²) in [6, 6.07) is 7.97. The molecule has 28 heavy (non-hydrogen) atoms. The molecule has 0 saturated heterocycles. The van der Waals surface area contributed by atoms with E-state index in [1.165, 1.54) is 18.2 Å². The Labute approximate surface area is 164 Å². The fraction of sp³-hybridized carbons (Fsp3) is 0.350. The number of hydrogen-bond acceptors (Lipinski definition) is 3. The van der Waals surface area contributed by atoms with Crippen LogP contribution < -0.4 is 10.0 Å². The molecule has 0 unspecified atom stereocenters. The molecule has 0 aliphatic rings. The van der Waals surface area contributed by atoms with E-state index in [1.54, 1.807) is 32.9 Å². The zero-order valence-corrected chi connectivity index (χ0v) is 17.0. The lowest BCUT2D eigenvalue weighted by Crippen LogP contribution is -2.50. The van der Waals surface area contributed by atoms with Crippen molar-refractivity contribution in [1.29, 1.82) is 0 Å². The summed E-state index contributed by atoms with van der Waals surface area (Å²) in [6.45, 7) is 6.87. The lowest BCUT2D eigenvalue weighted by atomic mass is 10.0. The maximum absolute atomic E-state index is 13.4. The molecule has 2 N–H and O–H groups in total. The maximum Gasteiger partial charge on any atom is 0.241 e. The van der Waals surface area contributed by atoms with E-state index in [0.29, 0.717) is 5.56 Å².